The number of piperazine rings is 1. The summed E-state index contributed by atoms with van der Waals surface area (Å²) in [6, 6.07) is 6.66. The second-order valence-electron chi connectivity index (χ2n) is 6.06. The van der Waals surface area contributed by atoms with E-state index in [-0.39, 0.29) is 17.9 Å². The Bertz CT molecular complexity index is 567. The molecule has 1 aromatic rings. The highest BCUT2D eigenvalue weighted by Crippen LogP contribution is 2.23. The smallest absolute Gasteiger partial charge is 0.292 e. The number of amides is 2. The summed E-state index contributed by atoms with van der Waals surface area (Å²) in [6.45, 7) is 7.38. The van der Waals surface area contributed by atoms with Crippen LogP contribution >= 0.6 is 11.6 Å². The third kappa shape index (κ3) is 2.89. The van der Waals surface area contributed by atoms with E-state index >= 15 is 0 Å². The van der Waals surface area contributed by atoms with Gasteiger partial charge in [0.25, 0.3) is 5.91 Å². The second-order valence-corrected chi connectivity index (χ2v) is 6.50. The summed E-state index contributed by atoms with van der Waals surface area (Å²) in [4.78, 5) is 29.2. The number of nitrogens with one attached hydrogen (secondary N) is 2. The van der Waals surface area contributed by atoms with E-state index in [0.29, 0.717) is 17.1 Å². The Kier molecular flexibility index (Phi) is 4.47. The van der Waals surface area contributed by atoms with Crippen LogP contribution in [0.25, 0.3) is 0 Å². The van der Waals surface area contributed by atoms with Crippen LogP contribution in [0.4, 0.5) is 5.69 Å². The average Bonchev–Trinajstić information content (AvgIpc) is 2.83. The van der Waals surface area contributed by atoms with Crippen LogP contribution in [0.5, 0.6) is 0 Å². The first-order chi connectivity index (χ1) is 10.6. The van der Waals surface area contributed by atoms with Gasteiger partial charge in [0.2, 0.25) is 5.91 Å². The van der Waals surface area contributed by atoms with E-state index in [9.17, 15) is 9.59 Å². The molecule has 0 radical (unpaired) electrons. The summed E-state index contributed by atoms with van der Waals surface area (Å²) in [7, 11) is 0. The summed E-state index contributed by atoms with van der Waals surface area (Å²) < 4.78 is 0. The third-order valence-electron chi connectivity index (χ3n) is 4.82. The van der Waals surface area contributed by atoms with Gasteiger partial charge >= 0.3 is 0 Å². The summed E-state index contributed by atoms with van der Waals surface area (Å²) in [6.07, 6.45) is 0.318. The van der Waals surface area contributed by atoms with Crippen LogP contribution in [0.1, 0.15) is 13.3 Å². The zero-order valence-corrected chi connectivity index (χ0v) is 13.5. The van der Waals surface area contributed by atoms with Crippen LogP contribution in [-0.4, -0.2) is 50.6 Å². The van der Waals surface area contributed by atoms with Crippen molar-refractivity contribution in [1.82, 2.24) is 0 Å². The molecule has 5 nitrogen and oxygen atoms in total. The van der Waals surface area contributed by atoms with E-state index in [4.69, 9.17) is 11.6 Å². The van der Waals surface area contributed by atoms with Crippen molar-refractivity contribution in [2.24, 2.45) is 0 Å². The van der Waals surface area contributed by atoms with Gasteiger partial charge < -0.3 is 9.80 Å². The van der Waals surface area contributed by atoms with Crippen molar-refractivity contribution in [2.75, 3.05) is 37.6 Å². The van der Waals surface area contributed by atoms with Crippen LogP contribution in [0, 0.1) is 0 Å². The average molecular weight is 324 g/mol. The standard InChI is InChI=1S/C16H20ClN3O2/c1-2-18-7-9-19(10-8-18)14-11-15(21)20(16(14)22)13-5-3-12(17)4-6-13/h3-6,14H,2,7-11H2,1H3/p+2/t14-/m1/s1. The zero-order chi connectivity index (χ0) is 15.7. The fraction of sp³-hybridized carbons (Fsp3) is 0.500. The molecule has 0 bridgehead atoms. The van der Waals surface area contributed by atoms with Crippen molar-refractivity contribution >= 4 is 29.1 Å². The molecular weight excluding hydrogens is 302 g/mol. The van der Waals surface area contributed by atoms with Gasteiger partial charge in [-0.3, -0.25) is 9.59 Å². The minimum absolute atomic E-state index is 0.0673. The van der Waals surface area contributed by atoms with Gasteiger partial charge in [0, 0.05) is 5.02 Å². The number of hydrogen-bond acceptors (Lipinski definition) is 2. The topological polar surface area (TPSA) is 46.3 Å². The van der Waals surface area contributed by atoms with Gasteiger partial charge in [-0.05, 0) is 31.2 Å². The highest BCUT2D eigenvalue weighted by Gasteiger charge is 2.46. The van der Waals surface area contributed by atoms with Crippen LogP contribution in [0.2, 0.25) is 5.02 Å². The van der Waals surface area contributed by atoms with Crippen molar-refractivity contribution in [3.8, 4) is 0 Å². The lowest BCUT2D eigenvalue weighted by atomic mass is 10.1. The number of benzene rings is 1. The van der Waals surface area contributed by atoms with Crippen LogP contribution in [-0.2, 0) is 9.59 Å². The van der Waals surface area contributed by atoms with Gasteiger partial charge in [-0.25, -0.2) is 4.90 Å². The normalized spacial score (nSPS) is 29.2. The summed E-state index contributed by atoms with van der Waals surface area (Å²) in [5, 5.41) is 0.601. The number of carbonyl (C=O) groups is 2. The molecule has 1 aromatic carbocycles. The van der Waals surface area contributed by atoms with E-state index in [0.717, 1.165) is 32.7 Å². The minimum Gasteiger partial charge on any atom is -0.326 e. The first kappa shape index (κ1) is 15.5. The molecule has 0 aromatic heterocycles. The number of hydrogen-bond donors (Lipinski definition) is 2. The monoisotopic (exact) mass is 323 g/mol. The van der Waals surface area contributed by atoms with E-state index in [2.05, 4.69) is 6.92 Å². The molecule has 22 heavy (non-hydrogen) atoms. The Morgan fingerprint density at radius 1 is 1.14 bits per heavy atom. The van der Waals surface area contributed by atoms with E-state index in [1.54, 1.807) is 29.2 Å². The maximum absolute atomic E-state index is 12.7. The number of anilines is 1. The summed E-state index contributed by atoms with van der Waals surface area (Å²) >= 11 is 5.87. The maximum Gasteiger partial charge on any atom is 0.292 e. The Hall–Kier alpha value is -1.43. The third-order valence-corrected chi connectivity index (χ3v) is 5.08. The molecule has 2 saturated heterocycles. The number of halogens is 1. The molecule has 2 aliphatic heterocycles. The van der Waals surface area contributed by atoms with Crippen LogP contribution in [0.3, 0.4) is 0 Å². The maximum atomic E-state index is 12.7. The summed E-state index contributed by atoms with van der Waals surface area (Å²) in [5.74, 6) is -0.169. The molecule has 1 atom stereocenters. The van der Waals surface area contributed by atoms with Crippen molar-refractivity contribution < 1.29 is 19.4 Å². The zero-order valence-electron chi connectivity index (χ0n) is 12.8. The Morgan fingerprint density at radius 2 is 1.77 bits per heavy atom. The molecule has 2 N–H and O–H groups in total. The molecule has 2 aliphatic rings. The lowest BCUT2D eigenvalue weighted by Gasteiger charge is -2.31. The van der Waals surface area contributed by atoms with Gasteiger partial charge in [-0.2, -0.15) is 0 Å². The van der Waals surface area contributed by atoms with E-state index in [1.807, 2.05) is 0 Å². The molecule has 2 amide bonds. The first-order valence-electron chi connectivity index (χ1n) is 7.90. The highest BCUT2D eigenvalue weighted by molar-refractivity contribution is 6.30. The molecule has 2 fully saturated rings. The fourth-order valence-electron chi connectivity index (χ4n) is 3.44. The summed E-state index contributed by atoms with van der Waals surface area (Å²) in [5.41, 5.74) is 0.624. The largest absolute Gasteiger partial charge is 0.326 e. The molecule has 6 heteroatoms. The van der Waals surface area contributed by atoms with Gasteiger partial charge in [-0.15, -0.1) is 0 Å². The van der Waals surface area contributed by atoms with Crippen molar-refractivity contribution in [3.63, 3.8) is 0 Å². The van der Waals surface area contributed by atoms with Crippen molar-refractivity contribution in [2.45, 2.75) is 19.4 Å². The van der Waals surface area contributed by atoms with Crippen molar-refractivity contribution in [3.05, 3.63) is 29.3 Å². The quantitative estimate of drug-likeness (QED) is 0.685. The fourth-order valence-corrected chi connectivity index (χ4v) is 3.56. The SMILES string of the molecule is CC[NH+]1CC[NH+]([C@@H]2CC(=O)N(c3ccc(Cl)cc3)C2=O)CC1. The highest BCUT2D eigenvalue weighted by atomic mass is 35.5. The molecule has 118 valence electrons. The number of carbonyl (C=O) groups excluding carboxylic acids is 2. The number of likely N-dealkylation sites (N-methyl/N-ethyl adjacent to an activating group) is 1. The lowest BCUT2D eigenvalue weighted by molar-refractivity contribution is -1.02. The molecular formula is C16H22ClN3O2+2. The lowest BCUT2D eigenvalue weighted by Crippen LogP contribution is -3.29. The second kappa shape index (κ2) is 6.36. The van der Waals surface area contributed by atoms with Gasteiger partial charge in [0.1, 0.15) is 26.2 Å². The van der Waals surface area contributed by atoms with Gasteiger partial charge in [0.05, 0.1) is 18.7 Å². The molecule has 0 spiro atoms. The molecule has 3 rings (SSSR count). The van der Waals surface area contributed by atoms with Crippen molar-refractivity contribution in [1.29, 1.82) is 0 Å². The number of nitrogens with zero attached hydrogens (tertiary/aromatic N) is 1. The predicted octanol–water partition coefficient (Wildman–Crippen LogP) is -1.22. The van der Waals surface area contributed by atoms with Gasteiger partial charge in [-0.1, -0.05) is 11.6 Å². The first-order valence-corrected chi connectivity index (χ1v) is 8.28. The van der Waals surface area contributed by atoms with E-state index in [1.165, 1.54) is 9.80 Å². The Labute approximate surface area is 135 Å². The number of quaternary nitrogens is 2. The minimum atomic E-state index is -0.221. The molecule has 0 aliphatic carbocycles. The molecule has 0 saturated carbocycles. The molecule has 2 heterocycles. The van der Waals surface area contributed by atoms with Crippen LogP contribution in [0.15, 0.2) is 24.3 Å². The Morgan fingerprint density at radius 3 is 2.36 bits per heavy atom. The number of rotatable bonds is 3. The predicted molar refractivity (Wildman–Crippen MR) is 84.3 cm³/mol. The Balaban J connectivity index is 1.73. The van der Waals surface area contributed by atoms with Gasteiger partial charge in [0.15, 0.2) is 6.04 Å². The molecule has 0 unspecified atom stereocenters. The van der Waals surface area contributed by atoms with Crippen LogP contribution < -0.4 is 14.7 Å². The van der Waals surface area contributed by atoms with E-state index < -0.39 is 0 Å². The number of imide groups is 1.